The molecule has 3 nitrogen and oxygen atoms in total. The van der Waals surface area contributed by atoms with Crippen molar-refractivity contribution >= 4 is 17.2 Å². The van der Waals surface area contributed by atoms with Gasteiger partial charge in [-0.25, -0.2) is 4.99 Å². The van der Waals surface area contributed by atoms with E-state index in [0.29, 0.717) is 12.3 Å². The Hall–Kier alpha value is -1.90. The van der Waals surface area contributed by atoms with Crippen LogP contribution >= 0.6 is 0 Å². The van der Waals surface area contributed by atoms with Gasteiger partial charge in [0.15, 0.2) is 5.78 Å². The van der Waals surface area contributed by atoms with Crippen LogP contribution in [-0.4, -0.2) is 30.0 Å². The largest absolute Gasteiger partial charge is 0.373 e. The summed E-state index contributed by atoms with van der Waals surface area (Å²) in [6.45, 7) is 4.20. The third-order valence-electron chi connectivity index (χ3n) is 2.75. The number of hydrogen-bond acceptors (Lipinski definition) is 3. The van der Waals surface area contributed by atoms with Gasteiger partial charge in [-0.1, -0.05) is 29.8 Å². The van der Waals surface area contributed by atoms with Gasteiger partial charge in [0.1, 0.15) is 5.71 Å². The molecule has 1 aliphatic rings. The van der Waals surface area contributed by atoms with Crippen LogP contribution in [0.2, 0.25) is 0 Å². The summed E-state index contributed by atoms with van der Waals surface area (Å²) in [4.78, 5) is 17.8. The molecule has 0 aliphatic carbocycles. The average Bonchev–Trinajstić information content (AvgIpc) is 2.29. The molecule has 0 aromatic heterocycles. The van der Waals surface area contributed by atoms with E-state index in [4.69, 9.17) is 0 Å². The van der Waals surface area contributed by atoms with Crippen molar-refractivity contribution in [1.82, 2.24) is 4.90 Å². The van der Waals surface area contributed by atoms with Crippen molar-refractivity contribution in [2.75, 3.05) is 13.6 Å². The number of aliphatic imine (C=N–C) groups is 1. The monoisotopic (exact) mass is 228 g/mol. The fourth-order valence-corrected chi connectivity index (χ4v) is 1.75. The van der Waals surface area contributed by atoms with E-state index < -0.39 is 0 Å². The van der Waals surface area contributed by atoms with Gasteiger partial charge in [-0.3, -0.25) is 4.79 Å². The first-order chi connectivity index (χ1) is 8.06. The predicted octanol–water partition coefficient (Wildman–Crippen LogP) is 2.27. The highest BCUT2D eigenvalue weighted by Gasteiger charge is 2.15. The van der Waals surface area contributed by atoms with Gasteiger partial charge >= 0.3 is 0 Å². The molecular weight excluding hydrogens is 212 g/mol. The van der Waals surface area contributed by atoms with Crippen molar-refractivity contribution in [2.45, 2.75) is 13.8 Å². The highest BCUT2D eigenvalue weighted by atomic mass is 16.1. The Kier molecular flexibility index (Phi) is 3.09. The predicted molar refractivity (Wildman–Crippen MR) is 69.9 cm³/mol. The van der Waals surface area contributed by atoms with Crippen molar-refractivity contribution in [3.8, 4) is 0 Å². The van der Waals surface area contributed by atoms with Gasteiger partial charge in [-0.15, -0.1) is 0 Å². The number of carbonyl (C=O) groups excluding carboxylic acids is 1. The fraction of sp³-hybridized carbons (Fsp3) is 0.286. The lowest BCUT2D eigenvalue weighted by Gasteiger charge is -2.21. The molecule has 0 amide bonds. The molecule has 1 aromatic carbocycles. The van der Waals surface area contributed by atoms with Gasteiger partial charge in [0.25, 0.3) is 0 Å². The van der Waals surface area contributed by atoms with Crippen LogP contribution in [0, 0.1) is 6.92 Å². The Morgan fingerprint density at radius 3 is 2.53 bits per heavy atom. The molecule has 0 unspecified atom stereocenters. The minimum Gasteiger partial charge on any atom is -0.373 e. The normalized spacial score (nSPS) is 15.4. The van der Waals surface area contributed by atoms with Gasteiger partial charge in [-0.2, -0.15) is 0 Å². The summed E-state index contributed by atoms with van der Waals surface area (Å²) in [5, 5.41) is 0. The second-order valence-electron chi connectivity index (χ2n) is 4.41. The van der Waals surface area contributed by atoms with Crippen LogP contribution in [-0.2, 0) is 4.79 Å². The molecule has 0 spiro atoms. The van der Waals surface area contributed by atoms with Crippen LogP contribution in [0.5, 0.6) is 0 Å². The molecule has 0 saturated heterocycles. The van der Waals surface area contributed by atoms with E-state index in [9.17, 15) is 4.79 Å². The summed E-state index contributed by atoms with van der Waals surface area (Å²) in [6.07, 6.45) is 1.97. The lowest BCUT2D eigenvalue weighted by Crippen LogP contribution is -2.29. The van der Waals surface area contributed by atoms with Gasteiger partial charge < -0.3 is 4.90 Å². The summed E-state index contributed by atoms with van der Waals surface area (Å²) < 4.78 is 0. The van der Waals surface area contributed by atoms with Crippen molar-refractivity contribution in [3.63, 3.8) is 0 Å². The number of carbonyl (C=O) groups is 1. The Labute approximate surface area is 101 Å². The van der Waals surface area contributed by atoms with Crippen LogP contribution < -0.4 is 0 Å². The summed E-state index contributed by atoms with van der Waals surface area (Å²) in [6, 6.07) is 8.16. The van der Waals surface area contributed by atoms with E-state index in [2.05, 4.69) is 11.9 Å². The van der Waals surface area contributed by atoms with Crippen molar-refractivity contribution in [1.29, 1.82) is 0 Å². The quantitative estimate of drug-likeness (QED) is 0.778. The van der Waals surface area contributed by atoms with Crippen molar-refractivity contribution in [3.05, 3.63) is 41.6 Å². The summed E-state index contributed by atoms with van der Waals surface area (Å²) in [5.74, 6) is 0.0366. The molecule has 2 rings (SSSR count). The first kappa shape index (κ1) is 11.6. The van der Waals surface area contributed by atoms with E-state index in [1.54, 1.807) is 6.92 Å². The summed E-state index contributed by atoms with van der Waals surface area (Å²) >= 11 is 0. The first-order valence-corrected chi connectivity index (χ1v) is 5.64. The molecule has 1 aliphatic heterocycles. The van der Waals surface area contributed by atoms with E-state index in [1.807, 2.05) is 42.4 Å². The van der Waals surface area contributed by atoms with Crippen LogP contribution in [0.3, 0.4) is 0 Å². The van der Waals surface area contributed by atoms with E-state index >= 15 is 0 Å². The summed E-state index contributed by atoms with van der Waals surface area (Å²) in [7, 11) is 1.95. The maximum absolute atomic E-state index is 11.4. The lowest BCUT2D eigenvalue weighted by atomic mass is 10.1. The number of aryl methyl sites for hydroxylation is 1. The van der Waals surface area contributed by atoms with Crippen LogP contribution in [0.25, 0.3) is 5.70 Å². The van der Waals surface area contributed by atoms with E-state index in [0.717, 1.165) is 11.3 Å². The van der Waals surface area contributed by atoms with Crippen LogP contribution in [0.15, 0.2) is 35.5 Å². The molecule has 0 saturated carbocycles. The van der Waals surface area contributed by atoms with E-state index in [-0.39, 0.29) is 5.78 Å². The first-order valence-electron chi connectivity index (χ1n) is 5.64. The van der Waals surface area contributed by atoms with Gasteiger partial charge in [0.05, 0.1) is 12.2 Å². The molecule has 0 fully saturated rings. The molecule has 0 radical (unpaired) electrons. The molecule has 0 atom stereocenters. The molecular formula is C14H16N2O. The van der Waals surface area contributed by atoms with Crippen LogP contribution in [0.4, 0.5) is 0 Å². The van der Waals surface area contributed by atoms with Gasteiger partial charge in [0, 0.05) is 25.7 Å². The maximum Gasteiger partial charge on any atom is 0.175 e. The number of Topliss-reactive ketones (excluding diaryl/α,β-unsaturated/α-hetero) is 1. The molecule has 17 heavy (non-hydrogen) atoms. The van der Waals surface area contributed by atoms with Crippen LogP contribution in [0.1, 0.15) is 18.1 Å². The highest BCUT2D eigenvalue weighted by Crippen LogP contribution is 2.20. The van der Waals surface area contributed by atoms with Gasteiger partial charge in [0.2, 0.25) is 0 Å². The van der Waals surface area contributed by atoms with Crippen molar-refractivity contribution < 1.29 is 4.79 Å². The summed E-state index contributed by atoms with van der Waals surface area (Å²) in [5.41, 5.74) is 3.73. The zero-order valence-corrected chi connectivity index (χ0v) is 10.4. The van der Waals surface area contributed by atoms with Crippen molar-refractivity contribution in [2.24, 2.45) is 4.99 Å². The number of rotatable bonds is 2. The third-order valence-corrected chi connectivity index (χ3v) is 2.75. The Morgan fingerprint density at radius 1 is 1.29 bits per heavy atom. The molecule has 0 N–H and O–H groups in total. The Bertz CT molecular complexity index is 497. The number of hydrogen-bond donors (Lipinski definition) is 0. The number of ketones is 1. The second kappa shape index (κ2) is 4.53. The Balaban J connectivity index is 2.37. The fourth-order valence-electron chi connectivity index (χ4n) is 1.75. The average molecular weight is 228 g/mol. The topological polar surface area (TPSA) is 32.7 Å². The molecule has 88 valence electrons. The maximum atomic E-state index is 11.4. The Morgan fingerprint density at radius 2 is 1.94 bits per heavy atom. The number of nitrogens with zero attached hydrogens (tertiary/aromatic N) is 2. The lowest BCUT2D eigenvalue weighted by molar-refractivity contribution is -0.111. The number of benzene rings is 1. The SMILES string of the molecule is CC(=O)C1=NC(c2ccc(C)cc2)=CN(C)C1. The minimum atomic E-state index is 0.0366. The molecule has 1 aromatic rings. The molecule has 1 heterocycles. The third kappa shape index (κ3) is 2.61. The molecule has 3 heteroatoms. The van der Waals surface area contributed by atoms with E-state index in [1.165, 1.54) is 5.56 Å². The van der Waals surface area contributed by atoms with Gasteiger partial charge in [-0.05, 0) is 6.92 Å². The highest BCUT2D eigenvalue weighted by molar-refractivity contribution is 6.40. The molecule has 0 bridgehead atoms. The standard InChI is InChI=1S/C14H16N2O/c1-10-4-6-12(7-5-10)14-9-16(3)8-13(15-14)11(2)17/h4-7,9H,8H2,1-3H3. The zero-order valence-electron chi connectivity index (χ0n) is 10.4. The zero-order chi connectivity index (χ0) is 12.4. The smallest absolute Gasteiger partial charge is 0.175 e. The minimum absolute atomic E-state index is 0.0366. The second-order valence-corrected chi connectivity index (χ2v) is 4.41.